The van der Waals surface area contributed by atoms with E-state index in [-0.39, 0.29) is 0 Å². The number of aliphatic carboxylic acids is 1. The van der Waals surface area contributed by atoms with Crippen molar-refractivity contribution >= 4 is 16.7 Å². The van der Waals surface area contributed by atoms with Crippen LogP contribution in [0.5, 0.6) is 0 Å². The average Bonchev–Trinajstić information content (AvgIpc) is 2.64. The van der Waals surface area contributed by atoms with Crippen LogP contribution in [0, 0.1) is 13.8 Å². The molecule has 0 saturated heterocycles. The third-order valence-corrected chi connectivity index (χ3v) is 3.73. The van der Waals surface area contributed by atoms with Crippen LogP contribution < -0.4 is 5.73 Å². The first-order valence-corrected chi connectivity index (χ1v) is 6.55. The van der Waals surface area contributed by atoms with Crippen LogP contribution in [0.15, 0.2) is 24.3 Å². The highest BCUT2D eigenvalue weighted by molar-refractivity contribution is 5.88. The van der Waals surface area contributed by atoms with Crippen molar-refractivity contribution in [3.05, 3.63) is 35.7 Å². The number of carboxylic acids is 1. The van der Waals surface area contributed by atoms with Gasteiger partial charge in [-0.1, -0.05) is 24.3 Å². The zero-order valence-corrected chi connectivity index (χ0v) is 11.4. The number of benzene rings is 1. The van der Waals surface area contributed by atoms with Crippen molar-refractivity contribution in [3.63, 3.8) is 0 Å². The number of hydrogen-bond donors (Lipinski definition) is 2. The number of aromatic nitrogens is 1. The summed E-state index contributed by atoms with van der Waals surface area (Å²) in [5.74, 6) is -0.925. The number of fused-ring (bicyclic) bond motifs is 1. The van der Waals surface area contributed by atoms with Crippen LogP contribution >= 0.6 is 0 Å². The molecule has 4 nitrogen and oxygen atoms in total. The normalized spacial score (nSPS) is 12.8. The largest absolute Gasteiger partial charge is 0.480 e. The van der Waals surface area contributed by atoms with E-state index in [4.69, 9.17) is 10.8 Å². The second-order valence-corrected chi connectivity index (χ2v) is 4.96. The van der Waals surface area contributed by atoms with Crippen molar-refractivity contribution in [3.8, 4) is 0 Å². The summed E-state index contributed by atoms with van der Waals surface area (Å²) >= 11 is 0. The molecular formula is C15H20N2O2. The summed E-state index contributed by atoms with van der Waals surface area (Å²) in [6.07, 6.45) is 1.28. The molecule has 3 N–H and O–H groups in total. The number of carboxylic acid groups (broad SMARTS) is 1. The van der Waals surface area contributed by atoms with Gasteiger partial charge in [-0.3, -0.25) is 4.79 Å². The Morgan fingerprint density at radius 3 is 2.26 bits per heavy atom. The molecule has 0 saturated carbocycles. The lowest BCUT2D eigenvalue weighted by atomic mass is 10.1. The van der Waals surface area contributed by atoms with Gasteiger partial charge < -0.3 is 15.4 Å². The van der Waals surface area contributed by atoms with E-state index in [9.17, 15) is 4.79 Å². The SMILES string of the molecule is Cc1c2ccccc2c(C)n1CCCC(N)C(=O)O. The molecule has 0 aliphatic heterocycles. The molecule has 0 aliphatic rings. The Hall–Kier alpha value is -1.81. The summed E-state index contributed by atoms with van der Waals surface area (Å²) in [5, 5.41) is 11.3. The van der Waals surface area contributed by atoms with E-state index in [0.29, 0.717) is 6.42 Å². The van der Waals surface area contributed by atoms with Gasteiger partial charge in [0, 0.05) is 28.7 Å². The molecule has 0 amide bonds. The molecule has 19 heavy (non-hydrogen) atoms. The highest BCUT2D eigenvalue weighted by atomic mass is 16.4. The topological polar surface area (TPSA) is 68.2 Å². The fourth-order valence-corrected chi connectivity index (χ4v) is 2.58. The smallest absolute Gasteiger partial charge is 0.320 e. The van der Waals surface area contributed by atoms with Crippen molar-refractivity contribution in [2.24, 2.45) is 5.73 Å². The summed E-state index contributed by atoms with van der Waals surface area (Å²) in [6.45, 7) is 5.02. The number of hydrogen-bond acceptors (Lipinski definition) is 2. The van der Waals surface area contributed by atoms with Crippen molar-refractivity contribution in [1.29, 1.82) is 0 Å². The molecule has 1 aromatic carbocycles. The van der Waals surface area contributed by atoms with Crippen LogP contribution in [0.25, 0.3) is 10.8 Å². The predicted octanol–water partition coefficient (Wildman–Crippen LogP) is 2.45. The van der Waals surface area contributed by atoms with Crippen molar-refractivity contribution < 1.29 is 9.90 Å². The highest BCUT2D eigenvalue weighted by Crippen LogP contribution is 2.25. The maximum Gasteiger partial charge on any atom is 0.320 e. The van der Waals surface area contributed by atoms with Crippen LogP contribution in [-0.2, 0) is 11.3 Å². The van der Waals surface area contributed by atoms with Crippen LogP contribution in [0.3, 0.4) is 0 Å². The fraction of sp³-hybridized carbons (Fsp3) is 0.400. The maximum atomic E-state index is 10.7. The molecule has 0 fully saturated rings. The van der Waals surface area contributed by atoms with Gasteiger partial charge >= 0.3 is 5.97 Å². The van der Waals surface area contributed by atoms with Crippen LogP contribution in [-0.4, -0.2) is 21.7 Å². The number of aryl methyl sites for hydroxylation is 2. The first-order valence-electron chi connectivity index (χ1n) is 6.55. The third kappa shape index (κ3) is 2.63. The number of rotatable bonds is 5. The molecule has 1 unspecified atom stereocenters. The summed E-state index contributed by atoms with van der Waals surface area (Å²) in [5.41, 5.74) is 7.99. The Morgan fingerprint density at radius 1 is 1.26 bits per heavy atom. The number of carbonyl (C=O) groups is 1. The van der Waals surface area contributed by atoms with Gasteiger partial charge in [-0.05, 0) is 26.7 Å². The molecular weight excluding hydrogens is 240 g/mol. The summed E-state index contributed by atoms with van der Waals surface area (Å²) < 4.78 is 2.25. The lowest BCUT2D eigenvalue weighted by Crippen LogP contribution is -2.30. The van der Waals surface area contributed by atoms with E-state index in [2.05, 4.69) is 30.5 Å². The van der Waals surface area contributed by atoms with Crippen molar-refractivity contribution in [2.75, 3.05) is 0 Å². The summed E-state index contributed by atoms with van der Waals surface area (Å²) in [6, 6.07) is 7.57. The second-order valence-electron chi connectivity index (χ2n) is 4.96. The first-order chi connectivity index (χ1) is 9.02. The zero-order chi connectivity index (χ0) is 14.0. The fourth-order valence-electron chi connectivity index (χ4n) is 2.58. The monoisotopic (exact) mass is 260 g/mol. The minimum Gasteiger partial charge on any atom is -0.480 e. The van der Waals surface area contributed by atoms with Crippen LogP contribution in [0.2, 0.25) is 0 Å². The quantitative estimate of drug-likeness (QED) is 0.867. The molecule has 1 heterocycles. The third-order valence-electron chi connectivity index (χ3n) is 3.73. The summed E-state index contributed by atoms with van der Waals surface area (Å²) in [4.78, 5) is 10.7. The van der Waals surface area contributed by atoms with Gasteiger partial charge in [-0.25, -0.2) is 0 Å². The molecule has 4 heteroatoms. The van der Waals surface area contributed by atoms with Gasteiger partial charge in [0.25, 0.3) is 0 Å². The first kappa shape index (κ1) is 13.6. The Balaban J connectivity index is 2.15. The van der Waals surface area contributed by atoms with Gasteiger partial charge in [-0.2, -0.15) is 0 Å². The maximum absolute atomic E-state index is 10.7. The lowest BCUT2D eigenvalue weighted by molar-refractivity contribution is -0.138. The lowest BCUT2D eigenvalue weighted by Gasteiger charge is -2.10. The van der Waals surface area contributed by atoms with Gasteiger partial charge in [0.2, 0.25) is 0 Å². The standard InChI is InChI=1S/C15H20N2O2/c1-10-12-6-3-4-7-13(12)11(2)17(10)9-5-8-14(16)15(18)19/h3-4,6-7,14H,5,8-9,16H2,1-2H3,(H,18,19). The Bertz CT molecular complexity index is 562. The molecule has 2 aromatic rings. The predicted molar refractivity (Wildman–Crippen MR) is 76.3 cm³/mol. The number of nitrogens with zero attached hydrogens (tertiary/aromatic N) is 1. The van der Waals surface area contributed by atoms with E-state index in [0.717, 1.165) is 13.0 Å². The van der Waals surface area contributed by atoms with E-state index < -0.39 is 12.0 Å². The van der Waals surface area contributed by atoms with E-state index in [1.807, 2.05) is 12.1 Å². The van der Waals surface area contributed by atoms with Gasteiger partial charge in [0.15, 0.2) is 0 Å². The molecule has 102 valence electrons. The van der Waals surface area contributed by atoms with Gasteiger partial charge in [0.1, 0.15) is 6.04 Å². The molecule has 0 aliphatic carbocycles. The molecule has 0 spiro atoms. The molecule has 0 radical (unpaired) electrons. The van der Waals surface area contributed by atoms with Crippen LogP contribution in [0.1, 0.15) is 24.2 Å². The Labute approximate surface area is 112 Å². The van der Waals surface area contributed by atoms with E-state index in [1.54, 1.807) is 0 Å². The Kier molecular flexibility index (Phi) is 3.90. The molecule has 0 bridgehead atoms. The number of nitrogens with two attached hydrogens (primary N) is 1. The second kappa shape index (κ2) is 5.45. The van der Waals surface area contributed by atoms with Crippen molar-refractivity contribution in [2.45, 2.75) is 39.3 Å². The summed E-state index contributed by atoms with van der Waals surface area (Å²) in [7, 11) is 0. The average molecular weight is 260 g/mol. The van der Waals surface area contributed by atoms with Gasteiger partial charge in [-0.15, -0.1) is 0 Å². The minimum absolute atomic E-state index is 0.503. The minimum atomic E-state index is -0.925. The Morgan fingerprint density at radius 2 is 1.79 bits per heavy atom. The zero-order valence-electron chi connectivity index (χ0n) is 11.4. The van der Waals surface area contributed by atoms with Gasteiger partial charge in [0.05, 0.1) is 0 Å². The molecule has 1 aromatic heterocycles. The molecule has 1 atom stereocenters. The highest BCUT2D eigenvalue weighted by Gasteiger charge is 2.13. The molecule has 2 rings (SSSR count). The van der Waals surface area contributed by atoms with Crippen molar-refractivity contribution in [1.82, 2.24) is 4.57 Å². The van der Waals surface area contributed by atoms with Crippen LogP contribution in [0.4, 0.5) is 0 Å². The van der Waals surface area contributed by atoms with E-state index in [1.165, 1.54) is 22.2 Å². The van der Waals surface area contributed by atoms with E-state index >= 15 is 0 Å².